The van der Waals surface area contributed by atoms with Gasteiger partial charge in [-0.2, -0.15) is 0 Å². The van der Waals surface area contributed by atoms with Gasteiger partial charge in [0.15, 0.2) is 9.84 Å². The average molecular weight is 333 g/mol. The fraction of sp³-hybridized carbons (Fsp3) is 0.571. The van der Waals surface area contributed by atoms with Crippen molar-refractivity contribution in [1.29, 1.82) is 0 Å². The molecule has 0 atom stereocenters. The molecule has 0 saturated heterocycles. The van der Waals surface area contributed by atoms with Gasteiger partial charge in [0, 0.05) is 5.33 Å². The van der Waals surface area contributed by atoms with Crippen LogP contribution in [0.1, 0.15) is 32.3 Å². The summed E-state index contributed by atoms with van der Waals surface area (Å²) in [5.41, 5.74) is 0.816. The lowest BCUT2D eigenvalue weighted by molar-refractivity contribution is 0.351. The van der Waals surface area contributed by atoms with Crippen LogP contribution in [0.3, 0.4) is 0 Å². The monoisotopic (exact) mass is 332 g/mol. The van der Waals surface area contributed by atoms with E-state index in [1.165, 1.54) is 0 Å². The number of alkyl halides is 1. The summed E-state index contributed by atoms with van der Waals surface area (Å²) >= 11 is 3.47. The van der Waals surface area contributed by atoms with E-state index in [2.05, 4.69) is 29.8 Å². The summed E-state index contributed by atoms with van der Waals surface area (Å²) in [7, 11) is -3.21. The molecular weight excluding hydrogens is 312 g/mol. The van der Waals surface area contributed by atoms with E-state index in [4.69, 9.17) is 0 Å². The second kappa shape index (κ2) is 6.20. The van der Waals surface area contributed by atoms with Crippen LogP contribution >= 0.6 is 15.9 Å². The number of hydrogen-bond acceptors (Lipinski definition) is 2. The Hall–Kier alpha value is -0.350. The smallest absolute Gasteiger partial charge is 0.178 e. The van der Waals surface area contributed by atoms with Gasteiger partial charge in [0.1, 0.15) is 0 Å². The van der Waals surface area contributed by atoms with Gasteiger partial charge < -0.3 is 0 Å². The van der Waals surface area contributed by atoms with E-state index in [9.17, 15) is 8.42 Å². The summed E-state index contributed by atoms with van der Waals surface area (Å²) in [6.07, 6.45) is 1.72. The van der Waals surface area contributed by atoms with Crippen LogP contribution in [0.15, 0.2) is 29.2 Å². The molecule has 0 spiro atoms. The Labute approximate surface area is 119 Å². The highest BCUT2D eigenvalue weighted by Crippen LogP contribution is 2.32. The second-order valence-corrected chi connectivity index (χ2v) is 7.47. The molecule has 0 saturated carbocycles. The molecule has 0 bridgehead atoms. The summed E-state index contributed by atoms with van der Waals surface area (Å²) in [5.74, 6) is 0.210. The maximum Gasteiger partial charge on any atom is 0.178 e. The van der Waals surface area contributed by atoms with Crippen molar-refractivity contribution in [2.24, 2.45) is 5.41 Å². The van der Waals surface area contributed by atoms with Crippen molar-refractivity contribution >= 4 is 25.8 Å². The molecule has 0 heterocycles. The van der Waals surface area contributed by atoms with E-state index in [0.29, 0.717) is 4.90 Å². The molecule has 1 aromatic carbocycles. The first kappa shape index (κ1) is 15.7. The van der Waals surface area contributed by atoms with Crippen molar-refractivity contribution in [3.05, 3.63) is 29.8 Å². The average Bonchev–Trinajstić information content (AvgIpc) is 2.36. The fourth-order valence-electron chi connectivity index (χ4n) is 1.98. The van der Waals surface area contributed by atoms with Crippen molar-refractivity contribution in [2.75, 3.05) is 11.1 Å². The van der Waals surface area contributed by atoms with E-state index in [-0.39, 0.29) is 11.2 Å². The number of rotatable bonds is 6. The van der Waals surface area contributed by atoms with Gasteiger partial charge in [-0.05, 0) is 42.9 Å². The summed E-state index contributed by atoms with van der Waals surface area (Å²) in [6.45, 7) is 6.02. The minimum atomic E-state index is -3.21. The van der Waals surface area contributed by atoms with Crippen molar-refractivity contribution in [3.63, 3.8) is 0 Å². The third kappa shape index (κ3) is 3.58. The van der Waals surface area contributed by atoms with E-state index in [1.807, 2.05) is 13.0 Å². The highest BCUT2D eigenvalue weighted by molar-refractivity contribution is 9.09. The van der Waals surface area contributed by atoms with E-state index in [1.54, 1.807) is 18.2 Å². The van der Waals surface area contributed by atoms with Crippen LogP contribution in [0.25, 0.3) is 0 Å². The third-order valence-electron chi connectivity index (χ3n) is 3.63. The number of hydrogen-bond donors (Lipinski definition) is 0. The number of halogens is 1. The van der Waals surface area contributed by atoms with E-state index >= 15 is 0 Å². The van der Waals surface area contributed by atoms with Gasteiger partial charge in [-0.15, -0.1) is 0 Å². The molecule has 0 aromatic heterocycles. The van der Waals surface area contributed by atoms with E-state index < -0.39 is 9.84 Å². The van der Waals surface area contributed by atoms with Crippen LogP contribution in [0.4, 0.5) is 0 Å². The molecule has 0 N–H and O–H groups in total. The summed E-state index contributed by atoms with van der Waals surface area (Å²) < 4.78 is 24.9. The van der Waals surface area contributed by atoms with Crippen LogP contribution in [0.5, 0.6) is 0 Å². The zero-order valence-corrected chi connectivity index (χ0v) is 13.6. The first-order valence-corrected chi connectivity index (χ1v) is 9.02. The molecule has 0 amide bonds. The van der Waals surface area contributed by atoms with Gasteiger partial charge in [-0.25, -0.2) is 8.42 Å². The summed E-state index contributed by atoms with van der Waals surface area (Å²) in [4.78, 5) is 0.440. The topological polar surface area (TPSA) is 34.1 Å². The van der Waals surface area contributed by atoms with Gasteiger partial charge in [0.25, 0.3) is 0 Å². The van der Waals surface area contributed by atoms with Crippen molar-refractivity contribution in [2.45, 2.75) is 38.5 Å². The zero-order chi connectivity index (χ0) is 13.8. The number of benzene rings is 1. The van der Waals surface area contributed by atoms with Crippen LogP contribution in [0.2, 0.25) is 0 Å². The molecular formula is C14H21BrO2S. The molecule has 18 heavy (non-hydrogen) atoms. The lowest BCUT2D eigenvalue weighted by Crippen LogP contribution is -2.30. The van der Waals surface area contributed by atoms with Crippen LogP contribution < -0.4 is 0 Å². The number of sulfone groups is 1. The summed E-state index contributed by atoms with van der Waals surface area (Å²) in [5, 5.41) is 0.720. The minimum absolute atomic E-state index is 0.164. The molecule has 0 unspecified atom stereocenters. The highest BCUT2D eigenvalue weighted by atomic mass is 79.9. The van der Waals surface area contributed by atoms with Crippen LogP contribution in [-0.4, -0.2) is 19.5 Å². The van der Waals surface area contributed by atoms with Gasteiger partial charge in [-0.1, -0.05) is 41.9 Å². The SMILES string of the molecule is CCC(CC)(CBr)CS(=O)(=O)c1cccc(C)c1. The maximum absolute atomic E-state index is 12.5. The first-order chi connectivity index (χ1) is 8.39. The highest BCUT2D eigenvalue weighted by Gasteiger charge is 2.32. The fourth-order valence-corrected chi connectivity index (χ4v) is 5.37. The standard InChI is InChI=1S/C14H21BrO2S/c1-4-14(5-2,10-15)11-18(16,17)13-8-6-7-12(3)9-13/h6-9H,4-5,10-11H2,1-3H3. The van der Waals surface area contributed by atoms with Crippen LogP contribution in [0, 0.1) is 12.3 Å². The first-order valence-electron chi connectivity index (χ1n) is 6.24. The molecule has 1 rings (SSSR count). The van der Waals surface area contributed by atoms with Gasteiger partial charge >= 0.3 is 0 Å². The van der Waals surface area contributed by atoms with Gasteiger partial charge in [-0.3, -0.25) is 0 Å². The number of aryl methyl sites for hydroxylation is 1. The van der Waals surface area contributed by atoms with Gasteiger partial charge in [0.05, 0.1) is 10.6 Å². The normalized spacial score (nSPS) is 12.7. The Balaban J connectivity index is 3.08. The molecule has 0 fully saturated rings. The Bertz CT molecular complexity index is 482. The predicted molar refractivity (Wildman–Crippen MR) is 80.0 cm³/mol. The second-order valence-electron chi connectivity index (χ2n) is 4.92. The largest absolute Gasteiger partial charge is 0.224 e. The predicted octanol–water partition coefficient (Wildman–Crippen LogP) is 3.97. The maximum atomic E-state index is 12.5. The van der Waals surface area contributed by atoms with Crippen molar-refractivity contribution in [1.82, 2.24) is 0 Å². The molecule has 2 nitrogen and oxygen atoms in total. The molecule has 0 aliphatic rings. The van der Waals surface area contributed by atoms with Crippen molar-refractivity contribution < 1.29 is 8.42 Å². The lowest BCUT2D eigenvalue weighted by Gasteiger charge is -2.29. The lowest BCUT2D eigenvalue weighted by atomic mass is 9.87. The Kier molecular flexibility index (Phi) is 5.41. The van der Waals surface area contributed by atoms with E-state index in [0.717, 1.165) is 23.7 Å². The quantitative estimate of drug-likeness (QED) is 0.738. The molecule has 0 aliphatic heterocycles. The molecule has 0 radical (unpaired) electrons. The molecule has 4 heteroatoms. The third-order valence-corrected chi connectivity index (χ3v) is 6.78. The Morgan fingerprint density at radius 3 is 2.28 bits per heavy atom. The van der Waals surface area contributed by atoms with Crippen molar-refractivity contribution in [3.8, 4) is 0 Å². The zero-order valence-electron chi connectivity index (χ0n) is 11.2. The molecule has 102 valence electrons. The molecule has 1 aromatic rings. The Morgan fingerprint density at radius 1 is 1.22 bits per heavy atom. The summed E-state index contributed by atoms with van der Waals surface area (Å²) in [6, 6.07) is 7.15. The van der Waals surface area contributed by atoms with Crippen LogP contribution in [-0.2, 0) is 9.84 Å². The minimum Gasteiger partial charge on any atom is -0.224 e. The van der Waals surface area contributed by atoms with Gasteiger partial charge in [0.2, 0.25) is 0 Å². The molecule has 0 aliphatic carbocycles. The Morgan fingerprint density at radius 2 is 1.83 bits per heavy atom.